The highest BCUT2D eigenvalue weighted by molar-refractivity contribution is 8.00. The van der Waals surface area contributed by atoms with E-state index in [2.05, 4.69) is 6.92 Å². The van der Waals surface area contributed by atoms with E-state index in [0.29, 0.717) is 37.5 Å². The van der Waals surface area contributed by atoms with E-state index < -0.39 is 0 Å². The Hall–Kier alpha value is -3.39. The van der Waals surface area contributed by atoms with Gasteiger partial charge in [-0.2, -0.15) is 0 Å². The number of unbranched alkanes of at least 4 members (excludes halogenated alkanes) is 4. The minimum atomic E-state index is -0.275. The van der Waals surface area contributed by atoms with Gasteiger partial charge >= 0.3 is 5.97 Å². The number of ether oxygens (including phenoxy) is 1. The monoisotopic (exact) mass is 577 g/mol. The fraction of sp³-hybridized carbons (Fsp3) is 0.455. The van der Waals surface area contributed by atoms with Crippen molar-refractivity contribution in [2.45, 2.75) is 89.3 Å². The van der Waals surface area contributed by atoms with Crippen molar-refractivity contribution < 1.29 is 14.3 Å². The van der Waals surface area contributed by atoms with Crippen molar-refractivity contribution in [2.24, 2.45) is 0 Å². The van der Waals surface area contributed by atoms with Gasteiger partial charge in [0.1, 0.15) is 17.6 Å². The van der Waals surface area contributed by atoms with Crippen LogP contribution in [0.1, 0.15) is 72.0 Å². The number of carbonyl (C=O) groups is 2. The number of thioether (sulfide) groups is 1. The summed E-state index contributed by atoms with van der Waals surface area (Å²) in [5, 5.41) is -0.275. The zero-order chi connectivity index (χ0) is 29.6. The summed E-state index contributed by atoms with van der Waals surface area (Å²) in [6.07, 6.45) is 6.57. The highest BCUT2D eigenvalue weighted by atomic mass is 32.2. The lowest BCUT2D eigenvalue weighted by molar-refractivity contribution is -0.142. The van der Waals surface area contributed by atoms with Crippen LogP contribution >= 0.6 is 11.8 Å². The van der Waals surface area contributed by atoms with E-state index in [1.165, 1.54) is 28.8 Å². The summed E-state index contributed by atoms with van der Waals surface area (Å²) in [7, 11) is 0. The van der Waals surface area contributed by atoms with Crippen molar-refractivity contribution in [1.29, 1.82) is 0 Å². The van der Waals surface area contributed by atoms with Crippen molar-refractivity contribution in [3.8, 4) is 11.3 Å². The van der Waals surface area contributed by atoms with Crippen LogP contribution < -0.4 is 10.5 Å². The van der Waals surface area contributed by atoms with Gasteiger partial charge in [-0.3, -0.25) is 19.0 Å². The number of aromatic nitrogens is 2. The molecule has 0 N–H and O–H groups in total. The molecular formula is C33H43N3O4S. The summed E-state index contributed by atoms with van der Waals surface area (Å²) in [4.78, 5) is 46.7. The molecule has 0 aliphatic heterocycles. The van der Waals surface area contributed by atoms with Crippen molar-refractivity contribution in [2.75, 3.05) is 18.1 Å². The number of aryl methyl sites for hydroxylation is 1. The van der Waals surface area contributed by atoms with Gasteiger partial charge in [0.25, 0.3) is 5.56 Å². The lowest BCUT2D eigenvalue weighted by Crippen LogP contribution is -2.38. The number of hydrogen-bond acceptors (Lipinski definition) is 6. The molecule has 41 heavy (non-hydrogen) atoms. The Kier molecular flexibility index (Phi) is 13.1. The quantitative estimate of drug-likeness (QED) is 0.105. The Balaban J connectivity index is 1.83. The third-order valence-electron chi connectivity index (χ3n) is 6.90. The maximum Gasteiger partial charge on any atom is 0.319 e. The summed E-state index contributed by atoms with van der Waals surface area (Å²) in [6.45, 7) is 8.76. The molecule has 0 fully saturated rings. The summed E-state index contributed by atoms with van der Waals surface area (Å²) in [5.74, 6) is 0.228. The zero-order valence-corrected chi connectivity index (χ0v) is 25.6. The minimum Gasteiger partial charge on any atom is -0.465 e. The number of amides is 1. The number of hydrogen-bond donors (Lipinski definition) is 0. The predicted molar refractivity (Wildman–Crippen MR) is 167 cm³/mol. The van der Waals surface area contributed by atoms with Gasteiger partial charge in [-0.25, -0.2) is 4.98 Å². The highest BCUT2D eigenvalue weighted by Crippen LogP contribution is 2.29. The molecule has 0 bridgehead atoms. The predicted octanol–water partition coefficient (Wildman–Crippen LogP) is 6.91. The minimum absolute atomic E-state index is 0.0731. The normalized spacial score (nSPS) is 11.7. The van der Waals surface area contributed by atoms with Crippen molar-refractivity contribution in [3.05, 3.63) is 76.8 Å². The van der Waals surface area contributed by atoms with Crippen LogP contribution in [0.5, 0.6) is 0 Å². The molecule has 3 aromatic rings. The number of nitrogens with zero attached hydrogens (tertiary/aromatic N) is 3. The molecule has 1 heterocycles. The Bertz CT molecular complexity index is 1310. The first-order chi connectivity index (χ1) is 19.9. The third kappa shape index (κ3) is 9.32. The van der Waals surface area contributed by atoms with Crippen LogP contribution in [0.4, 0.5) is 5.69 Å². The zero-order valence-electron chi connectivity index (χ0n) is 24.8. The molecule has 8 heteroatoms. The molecular weight excluding hydrogens is 534 g/mol. The van der Waals surface area contributed by atoms with Crippen LogP contribution in [0.25, 0.3) is 11.3 Å². The second-order valence-corrected chi connectivity index (χ2v) is 11.2. The topological polar surface area (TPSA) is 81.5 Å². The summed E-state index contributed by atoms with van der Waals surface area (Å²) >= 11 is 1.47. The molecule has 220 valence electrons. The molecule has 0 radical (unpaired) electrons. The van der Waals surface area contributed by atoms with Gasteiger partial charge in [0.05, 0.1) is 12.3 Å². The molecule has 0 saturated heterocycles. The highest BCUT2D eigenvalue weighted by Gasteiger charge is 2.21. The van der Waals surface area contributed by atoms with Crippen LogP contribution in [0.15, 0.2) is 70.4 Å². The van der Waals surface area contributed by atoms with Crippen molar-refractivity contribution in [1.82, 2.24) is 9.55 Å². The maximum atomic E-state index is 13.8. The second-order valence-electron chi connectivity index (χ2n) is 9.92. The van der Waals surface area contributed by atoms with Gasteiger partial charge in [0, 0.05) is 35.2 Å². The Morgan fingerprint density at radius 2 is 1.66 bits per heavy atom. The van der Waals surface area contributed by atoms with E-state index in [1.54, 1.807) is 4.90 Å². The van der Waals surface area contributed by atoms with Crippen molar-refractivity contribution >= 4 is 29.3 Å². The average molecular weight is 578 g/mol. The molecule has 7 nitrogen and oxygen atoms in total. The Morgan fingerprint density at radius 1 is 0.951 bits per heavy atom. The van der Waals surface area contributed by atoms with E-state index in [-0.39, 0.29) is 29.2 Å². The number of anilines is 1. The first-order valence-corrected chi connectivity index (χ1v) is 15.7. The average Bonchev–Trinajstić information content (AvgIpc) is 2.99. The van der Waals surface area contributed by atoms with Crippen LogP contribution in [0.2, 0.25) is 0 Å². The van der Waals surface area contributed by atoms with E-state index in [1.807, 2.05) is 75.4 Å². The lowest BCUT2D eigenvalue weighted by Gasteiger charge is -2.24. The van der Waals surface area contributed by atoms with E-state index in [4.69, 9.17) is 9.72 Å². The SMILES string of the molecule is CCCCCCCN(C(=O)Cn1c(CC)nc(-c2ccccc2)cc1=O)c1ccc(S[C@@H](CC)C(=O)OCC)cc1. The van der Waals surface area contributed by atoms with E-state index >= 15 is 0 Å². The van der Waals surface area contributed by atoms with Gasteiger partial charge in [-0.05, 0) is 44.0 Å². The standard InChI is InChI=1S/C33H43N3O4S/c1-5-9-10-11-15-22-35(26-18-20-27(21-19-26)41-29(6-2)33(39)40-8-4)32(38)24-36-30(7-3)34-28(23-31(36)37)25-16-13-12-14-17-25/h12-14,16-21,23,29H,5-11,15,22,24H2,1-4H3/t29-/m0/s1. The van der Waals surface area contributed by atoms with Gasteiger partial charge in [-0.15, -0.1) is 11.8 Å². The Labute approximate surface area is 248 Å². The molecule has 3 rings (SSSR count). The second kappa shape index (κ2) is 16.8. The van der Waals surface area contributed by atoms with Gasteiger partial charge in [0.15, 0.2) is 0 Å². The Morgan fingerprint density at radius 3 is 2.29 bits per heavy atom. The molecule has 0 aliphatic rings. The largest absolute Gasteiger partial charge is 0.465 e. The fourth-order valence-corrected chi connectivity index (χ4v) is 5.60. The molecule has 0 spiro atoms. The molecule has 0 saturated carbocycles. The van der Waals surface area contributed by atoms with E-state index in [0.717, 1.165) is 41.8 Å². The molecule has 0 unspecified atom stereocenters. The summed E-state index contributed by atoms with van der Waals surface area (Å²) < 4.78 is 6.70. The van der Waals surface area contributed by atoms with Gasteiger partial charge in [-0.1, -0.05) is 76.8 Å². The fourth-order valence-electron chi connectivity index (χ4n) is 4.64. The molecule has 1 aromatic heterocycles. The number of benzene rings is 2. The van der Waals surface area contributed by atoms with Gasteiger partial charge in [0.2, 0.25) is 5.91 Å². The number of esters is 1. The molecule has 0 aliphatic carbocycles. The molecule has 2 aromatic carbocycles. The van der Waals surface area contributed by atoms with Crippen molar-refractivity contribution in [3.63, 3.8) is 0 Å². The smallest absolute Gasteiger partial charge is 0.319 e. The van der Waals surface area contributed by atoms with Crippen LogP contribution in [0.3, 0.4) is 0 Å². The lowest BCUT2D eigenvalue weighted by atomic mass is 10.1. The van der Waals surface area contributed by atoms with Gasteiger partial charge < -0.3 is 9.64 Å². The number of carbonyl (C=O) groups excluding carboxylic acids is 2. The third-order valence-corrected chi connectivity index (χ3v) is 8.25. The summed E-state index contributed by atoms with van der Waals surface area (Å²) in [5.41, 5.74) is 2.03. The maximum absolute atomic E-state index is 13.8. The summed E-state index contributed by atoms with van der Waals surface area (Å²) in [6, 6.07) is 18.8. The van der Waals surface area contributed by atoms with E-state index in [9.17, 15) is 14.4 Å². The molecule has 1 atom stereocenters. The first kappa shape index (κ1) is 32.1. The molecule has 1 amide bonds. The van der Waals surface area contributed by atoms with Crippen LogP contribution in [-0.2, 0) is 27.3 Å². The first-order valence-electron chi connectivity index (χ1n) is 14.8. The number of rotatable bonds is 16. The van der Waals surface area contributed by atoms with Crippen LogP contribution in [-0.4, -0.2) is 39.8 Å². The van der Waals surface area contributed by atoms with Crippen LogP contribution in [0, 0.1) is 0 Å².